The topological polar surface area (TPSA) is 42.0 Å². The number of nitrogens with zero attached hydrogens (tertiary/aromatic N) is 1. The fourth-order valence-corrected chi connectivity index (χ4v) is 3.26. The Morgan fingerprint density at radius 3 is 2.14 bits per heavy atom. The molecule has 0 unspecified atom stereocenters. The summed E-state index contributed by atoms with van der Waals surface area (Å²) in [6.07, 6.45) is 17.5. The molecule has 1 amide bonds. The molecule has 1 N–H and O–H groups in total. The molecule has 122 valence electrons. The van der Waals surface area contributed by atoms with Crippen LogP contribution in [0.25, 0.3) is 0 Å². The van der Waals surface area contributed by atoms with Crippen LogP contribution in [0.2, 0.25) is 0 Å². The second-order valence-corrected chi connectivity index (χ2v) is 6.54. The number of carbonyl (C=O) groups excluding carboxylic acids is 1. The van der Waals surface area contributed by atoms with E-state index in [0.717, 1.165) is 18.4 Å². The summed E-state index contributed by atoms with van der Waals surface area (Å²) in [7, 11) is 0. The Balaban J connectivity index is 1.78. The molecule has 0 atom stereocenters. The third-order valence-corrected chi connectivity index (χ3v) is 4.67. The monoisotopic (exact) mass is 302 g/mol. The maximum atomic E-state index is 12.5. The number of hydrogen-bond donors (Lipinski definition) is 1. The molecular formula is C19H30N2O. The lowest BCUT2D eigenvalue weighted by Gasteiger charge is -2.17. The van der Waals surface area contributed by atoms with E-state index >= 15 is 0 Å². The van der Waals surface area contributed by atoms with Crippen LogP contribution >= 0.6 is 0 Å². The number of pyridine rings is 1. The average molecular weight is 302 g/mol. The molecule has 0 bridgehead atoms. The van der Waals surface area contributed by atoms with E-state index in [2.05, 4.69) is 10.3 Å². The van der Waals surface area contributed by atoms with Gasteiger partial charge in [-0.1, -0.05) is 63.9 Å². The Labute approximate surface area is 134 Å². The Kier molecular flexibility index (Phi) is 8.00. The lowest BCUT2D eigenvalue weighted by Crippen LogP contribution is -2.30. The molecule has 1 fully saturated rings. The first-order valence-electron chi connectivity index (χ1n) is 9.03. The van der Waals surface area contributed by atoms with E-state index in [0.29, 0.717) is 6.54 Å². The fraction of sp³-hybridized carbons (Fsp3) is 0.684. The van der Waals surface area contributed by atoms with E-state index in [1.165, 1.54) is 57.8 Å². The first kappa shape index (κ1) is 17.0. The summed E-state index contributed by atoms with van der Waals surface area (Å²) in [6, 6.07) is 3.92. The van der Waals surface area contributed by atoms with Crippen molar-refractivity contribution in [2.75, 3.05) is 0 Å². The highest BCUT2D eigenvalue weighted by Gasteiger charge is 2.17. The molecule has 1 aromatic heterocycles. The summed E-state index contributed by atoms with van der Waals surface area (Å²) in [4.78, 5) is 16.6. The Morgan fingerprint density at radius 1 is 1.00 bits per heavy atom. The second kappa shape index (κ2) is 10.4. The van der Waals surface area contributed by atoms with Gasteiger partial charge >= 0.3 is 0 Å². The number of rotatable bonds is 3. The van der Waals surface area contributed by atoms with Gasteiger partial charge in [-0.3, -0.25) is 9.78 Å². The minimum absolute atomic E-state index is 0.205. The van der Waals surface area contributed by atoms with E-state index in [-0.39, 0.29) is 11.8 Å². The molecular weight excluding hydrogens is 272 g/mol. The number of amides is 1. The van der Waals surface area contributed by atoms with E-state index in [1.807, 2.05) is 18.3 Å². The summed E-state index contributed by atoms with van der Waals surface area (Å²) in [5.74, 6) is 0.442. The van der Waals surface area contributed by atoms with Crippen molar-refractivity contribution < 1.29 is 4.79 Å². The van der Waals surface area contributed by atoms with E-state index in [1.54, 1.807) is 6.20 Å². The number of carbonyl (C=O) groups is 1. The van der Waals surface area contributed by atoms with Crippen LogP contribution < -0.4 is 5.32 Å². The van der Waals surface area contributed by atoms with Crippen LogP contribution in [0.15, 0.2) is 24.5 Å². The first-order valence-corrected chi connectivity index (χ1v) is 9.03. The van der Waals surface area contributed by atoms with Crippen molar-refractivity contribution in [1.82, 2.24) is 10.3 Å². The highest BCUT2D eigenvalue weighted by atomic mass is 16.1. The molecule has 1 aromatic rings. The van der Waals surface area contributed by atoms with Crippen molar-refractivity contribution >= 4 is 5.91 Å². The van der Waals surface area contributed by atoms with Gasteiger partial charge in [-0.15, -0.1) is 0 Å². The van der Waals surface area contributed by atoms with E-state index in [9.17, 15) is 4.79 Å². The number of nitrogens with one attached hydrogen (secondary N) is 1. The molecule has 2 rings (SSSR count). The summed E-state index contributed by atoms with van der Waals surface area (Å²) >= 11 is 0. The van der Waals surface area contributed by atoms with Crippen molar-refractivity contribution in [3.8, 4) is 0 Å². The van der Waals surface area contributed by atoms with Gasteiger partial charge in [0.25, 0.3) is 0 Å². The molecule has 0 aromatic carbocycles. The van der Waals surface area contributed by atoms with Crippen molar-refractivity contribution in [3.05, 3.63) is 30.1 Å². The second-order valence-electron chi connectivity index (χ2n) is 6.54. The molecule has 0 spiro atoms. The van der Waals surface area contributed by atoms with Crippen LogP contribution in [0.5, 0.6) is 0 Å². The van der Waals surface area contributed by atoms with Crippen molar-refractivity contribution in [2.45, 2.75) is 77.2 Å². The van der Waals surface area contributed by atoms with Gasteiger partial charge < -0.3 is 5.32 Å². The van der Waals surface area contributed by atoms with Gasteiger partial charge in [-0.05, 0) is 24.5 Å². The normalized spacial score (nSPS) is 18.9. The molecule has 1 aliphatic carbocycles. The predicted molar refractivity (Wildman–Crippen MR) is 90.4 cm³/mol. The standard InChI is InChI=1S/C19H30N2O/c22-19(21-16-17-11-10-14-20-15-17)18-12-8-6-4-2-1-3-5-7-9-13-18/h10-11,14-15,18H,1-9,12-13,16H2,(H,21,22). The van der Waals surface area contributed by atoms with Gasteiger partial charge in [0.1, 0.15) is 0 Å². The molecule has 22 heavy (non-hydrogen) atoms. The molecule has 1 heterocycles. The highest BCUT2D eigenvalue weighted by Crippen LogP contribution is 2.21. The molecule has 1 saturated carbocycles. The number of hydrogen-bond acceptors (Lipinski definition) is 2. The van der Waals surface area contributed by atoms with Crippen LogP contribution in [0, 0.1) is 5.92 Å². The molecule has 0 radical (unpaired) electrons. The zero-order valence-electron chi connectivity index (χ0n) is 13.7. The summed E-state index contributed by atoms with van der Waals surface area (Å²) in [5.41, 5.74) is 1.07. The zero-order valence-corrected chi connectivity index (χ0v) is 13.7. The zero-order chi connectivity index (χ0) is 15.5. The molecule has 1 aliphatic rings. The molecule has 0 aliphatic heterocycles. The summed E-state index contributed by atoms with van der Waals surface area (Å²) < 4.78 is 0. The van der Waals surface area contributed by atoms with Crippen LogP contribution in [-0.4, -0.2) is 10.9 Å². The van der Waals surface area contributed by atoms with Crippen LogP contribution in [0.1, 0.15) is 76.2 Å². The number of aromatic nitrogens is 1. The Morgan fingerprint density at radius 2 is 1.59 bits per heavy atom. The van der Waals surface area contributed by atoms with E-state index in [4.69, 9.17) is 0 Å². The lowest BCUT2D eigenvalue weighted by atomic mass is 9.92. The highest BCUT2D eigenvalue weighted by molar-refractivity contribution is 5.78. The minimum Gasteiger partial charge on any atom is -0.352 e. The van der Waals surface area contributed by atoms with E-state index < -0.39 is 0 Å². The van der Waals surface area contributed by atoms with Gasteiger partial charge in [-0.2, -0.15) is 0 Å². The molecule has 0 saturated heterocycles. The fourth-order valence-electron chi connectivity index (χ4n) is 3.26. The van der Waals surface area contributed by atoms with Crippen molar-refractivity contribution in [2.24, 2.45) is 5.92 Å². The van der Waals surface area contributed by atoms with Crippen LogP contribution in [0.4, 0.5) is 0 Å². The van der Waals surface area contributed by atoms with Gasteiger partial charge in [0, 0.05) is 24.9 Å². The van der Waals surface area contributed by atoms with Gasteiger partial charge in [0.2, 0.25) is 5.91 Å². The third-order valence-electron chi connectivity index (χ3n) is 4.67. The maximum absolute atomic E-state index is 12.5. The summed E-state index contributed by atoms with van der Waals surface area (Å²) in [5, 5.41) is 3.10. The first-order chi connectivity index (χ1) is 10.9. The molecule has 3 nitrogen and oxygen atoms in total. The summed E-state index contributed by atoms with van der Waals surface area (Å²) in [6.45, 7) is 0.600. The average Bonchev–Trinajstić information content (AvgIpc) is 2.54. The van der Waals surface area contributed by atoms with Crippen molar-refractivity contribution in [3.63, 3.8) is 0 Å². The van der Waals surface area contributed by atoms with Gasteiger partial charge in [-0.25, -0.2) is 0 Å². The minimum atomic E-state index is 0.205. The van der Waals surface area contributed by atoms with Gasteiger partial charge in [0.05, 0.1) is 0 Å². The van der Waals surface area contributed by atoms with Crippen LogP contribution in [-0.2, 0) is 11.3 Å². The third kappa shape index (κ3) is 6.59. The van der Waals surface area contributed by atoms with Gasteiger partial charge in [0.15, 0.2) is 0 Å². The predicted octanol–water partition coefficient (Wildman–Crippen LogP) is 4.62. The lowest BCUT2D eigenvalue weighted by molar-refractivity contribution is -0.125. The maximum Gasteiger partial charge on any atom is 0.223 e. The quantitative estimate of drug-likeness (QED) is 0.885. The Bertz CT molecular complexity index is 407. The molecule has 3 heteroatoms. The van der Waals surface area contributed by atoms with Crippen molar-refractivity contribution in [1.29, 1.82) is 0 Å². The Hall–Kier alpha value is -1.38. The smallest absolute Gasteiger partial charge is 0.223 e. The largest absolute Gasteiger partial charge is 0.352 e. The van der Waals surface area contributed by atoms with Crippen LogP contribution in [0.3, 0.4) is 0 Å². The SMILES string of the molecule is O=C(NCc1cccnc1)C1CCCCCCCCCCC1.